The van der Waals surface area contributed by atoms with Crippen LogP contribution in [0.25, 0.3) is 0 Å². The van der Waals surface area contributed by atoms with E-state index in [1.165, 1.54) is 12.1 Å². The quantitative estimate of drug-likeness (QED) is 0.899. The zero-order chi connectivity index (χ0) is 12.4. The summed E-state index contributed by atoms with van der Waals surface area (Å²) in [4.78, 5) is -0.748. The van der Waals surface area contributed by atoms with Crippen LogP contribution >= 0.6 is 0 Å². The highest BCUT2D eigenvalue weighted by Gasteiger charge is 2.46. The molecule has 0 saturated heterocycles. The fourth-order valence-corrected chi connectivity index (χ4v) is 1.85. The molecule has 0 aliphatic heterocycles. The molecule has 0 aliphatic carbocycles. The summed E-state index contributed by atoms with van der Waals surface area (Å²) in [5, 5.41) is 2.85. The Morgan fingerprint density at radius 3 is 2.06 bits per heavy atom. The lowest BCUT2D eigenvalue weighted by molar-refractivity contribution is -0.0436. The largest absolute Gasteiger partial charge is 0.501 e. The van der Waals surface area contributed by atoms with Crippen LogP contribution in [0.4, 0.5) is 18.9 Å². The van der Waals surface area contributed by atoms with Crippen LogP contribution in [-0.4, -0.2) is 20.5 Å². The zero-order valence-electron chi connectivity index (χ0n) is 8.38. The Hall–Kier alpha value is -1.24. The predicted molar refractivity (Wildman–Crippen MR) is 53.8 cm³/mol. The van der Waals surface area contributed by atoms with Crippen LogP contribution < -0.4 is 5.32 Å². The molecule has 0 unspecified atom stereocenters. The lowest BCUT2D eigenvalue weighted by Gasteiger charge is -2.09. The Labute approximate surface area is 91.2 Å². The Morgan fingerprint density at radius 1 is 1.19 bits per heavy atom. The van der Waals surface area contributed by atoms with Crippen molar-refractivity contribution in [2.75, 3.05) is 11.9 Å². The number of hydrogen-bond donors (Lipinski definition) is 1. The summed E-state index contributed by atoms with van der Waals surface area (Å²) in [6.45, 7) is 2.42. The predicted octanol–water partition coefficient (Wildman–Crippen LogP) is 2.41. The third-order valence-electron chi connectivity index (χ3n) is 1.85. The van der Waals surface area contributed by atoms with Gasteiger partial charge in [-0.2, -0.15) is 13.2 Å². The van der Waals surface area contributed by atoms with E-state index in [1.54, 1.807) is 0 Å². The van der Waals surface area contributed by atoms with Gasteiger partial charge in [0.25, 0.3) is 9.84 Å². The van der Waals surface area contributed by atoms with Crippen molar-refractivity contribution in [2.45, 2.75) is 17.3 Å². The number of rotatable bonds is 3. The van der Waals surface area contributed by atoms with Crippen LogP contribution in [0, 0.1) is 0 Å². The normalized spacial score (nSPS) is 12.5. The second-order valence-corrected chi connectivity index (χ2v) is 4.95. The Balaban J connectivity index is 3.08. The van der Waals surface area contributed by atoms with E-state index in [-0.39, 0.29) is 0 Å². The van der Waals surface area contributed by atoms with Crippen LogP contribution in [0.5, 0.6) is 0 Å². The van der Waals surface area contributed by atoms with Crippen LogP contribution in [0.1, 0.15) is 6.92 Å². The molecule has 0 saturated carbocycles. The molecule has 3 nitrogen and oxygen atoms in total. The number of nitrogens with one attached hydrogen (secondary N) is 1. The molecule has 1 N–H and O–H groups in total. The third kappa shape index (κ3) is 2.46. The minimum atomic E-state index is -5.26. The molecule has 7 heteroatoms. The van der Waals surface area contributed by atoms with Crippen LogP contribution in [0.2, 0.25) is 0 Å². The fourth-order valence-electron chi connectivity index (χ4n) is 1.09. The van der Waals surface area contributed by atoms with E-state index >= 15 is 0 Å². The first-order valence-electron chi connectivity index (χ1n) is 4.44. The van der Waals surface area contributed by atoms with E-state index in [0.29, 0.717) is 12.2 Å². The van der Waals surface area contributed by atoms with Crippen molar-refractivity contribution >= 4 is 15.5 Å². The number of benzene rings is 1. The summed E-state index contributed by atoms with van der Waals surface area (Å²) in [5.74, 6) is 0. The molecule has 0 radical (unpaired) electrons. The van der Waals surface area contributed by atoms with E-state index in [2.05, 4.69) is 5.32 Å². The topological polar surface area (TPSA) is 46.2 Å². The Kier molecular flexibility index (Phi) is 3.47. The van der Waals surface area contributed by atoms with Gasteiger partial charge >= 0.3 is 5.51 Å². The first kappa shape index (κ1) is 12.8. The molecule has 0 fully saturated rings. The summed E-state index contributed by atoms with van der Waals surface area (Å²) < 4.78 is 58.4. The molecule has 1 rings (SSSR count). The number of hydrogen-bond acceptors (Lipinski definition) is 3. The van der Waals surface area contributed by atoms with Gasteiger partial charge in [0.15, 0.2) is 0 Å². The molecule has 1 aromatic carbocycles. The minimum Gasteiger partial charge on any atom is -0.385 e. The van der Waals surface area contributed by atoms with E-state index in [1.807, 2.05) is 6.92 Å². The van der Waals surface area contributed by atoms with Gasteiger partial charge in [-0.05, 0) is 31.2 Å². The van der Waals surface area contributed by atoms with Crippen molar-refractivity contribution in [1.82, 2.24) is 0 Å². The van der Waals surface area contributed by atoms with Crippen molar-refractivity contribution in [1.29, 1.82) is 0 Å². The van der Waals surface area contributed by atoms with Gasteiger partial charge in [0.2, 0.25) is 0 Å². The van der Waals surface area contributed by atoms with Crippen molar-refractivity contribution in [3.63, 3.8) is 0 Å². The molecule has 0 heterocycles. The Bertz CT molecular complexity index is 451. The smallest absolute Gasteiger partial charge is 0.385 e. The lowest BCUT2D eigenvalue weighted by Crippen LogP contribution is -2.23. The van der Waals surface area contributed by atoms with Crippen LogP contribution in [0.15, 0.2) is 29.2 Å². The van der Waals surface area contributed by atoms with Gasteiger partial charge in [0, 0.05) is 12.2 Å². The highest BCUT2D eigenvalue weighted by atomic mass is 32.2. The van der Waals surface area contributed by atoms with Gasteiger partial charge in [-0.15, -0.1) is 0 Å². The first-order chi connectivity index (χ1) is 7.29. The molecule has 0 atom stereocenters. The van der Waals surface area contributed by atoms with E-state index in [9.17, 15) is 21.6 Å². The molecular formula is C9H10F3NO2S. The maximum absolute atomic E-state index is 12.2. The van der Waals surface area contributed by atoms with Gasteiger partial charge < -0.3 is 5.32 Å². The minimum absolute atomic E-state index is 0.573. The number of alkyl halides is 3. The van der Waals surface area contributed by atoms with E-state index < -0.39 is 20.2 Å². The molecule has 0 amide bonds. The lowest BCUT2D eigenvalue weighted by atomic mass is 10.3. The van der Waals surface area contributed by atoms with Gasteiger partial charge in [-0.25, -0.2) is 8.42 Å². The average molecular weight is 253 g/mol. The monoisotopic (exact) mass is 253 g/mol. The highest BCUT2D eigenvalue weighted by molar-refractivity contribution is 7.92. The molecule has 0 aliphatic rings. The maximum atomic E-state index is 12.2. The molecule has 0 aromatic heterocycles. The fraction of sp³-hybridized carbons (Fsp3) is 0.333. The van der Waals surface area contributed by atoms with E-state index in [4.69, 9.17) is 0 Å². The number of sulfone groups is 1. The molecule has 0 bridgehead atoms. The van der Waals surface area contributed by atoms with Gasteiger partial charge in [0.1, 0.15) is 0 Å². The van der Waals surface area contributed by atoms with Crippen molar-refractivity contribution in [3.8, 4) is 0 Å². The molecule has 16 heavy (non-hydrogen) atoms. The summed E-state index contributed by atoms with van der Waals surface area (Å²) in [6.07, 6.45) is 0. The number of anilines is 1. The highest BCUT2D eigenvalue weighted by Crippen LogP contribution is 2.30. The second-order valence-electron chi connectivity index (χ2n) is 3.00. The summed E-state index contributed by atoms with van der Waals surface area (Å²) >= 11 is 0. The Morgan fingerprint density at radius 2 is 1.69 bits per heavy atom. The second kappa shape index (κ2) is 4.32. The number of halogens is 3. The molecule has 90 valence electrons. The molecule has 1 aromatic rings. The van der Waals surface area contributed by atoms with Crippen molar-refractivity contribution < 1.29 is 21.6 Å². The summed E-state index contributed by atoms with van der Waals surface area (Å²) in [7, 11) is -5.24. The first-order valence-corrected chi connectivity index (χ1v) is 5.92. The van der Waals surface area contributed by atoms with Crippen LogP contribution in [0.3, 0.4) is 0 Å². The SMILES string of the molecule is CCNc1ccc(S(=O)(=O)C(F)(F)F)cc1. The third-order valence-corrected chi connectivity index (χ3v) is 3.35. The van der Waals surface area contributed by atoms with Gasteiger partial charge in [0.05, 0.1) is 4.90 Å². The summed E-state index contributed by atoms with van der Waals surface area (Å²) in [6, 6.07) is 4.45. The average Bonchev–Trinajstić information content (AvgIpc) is 2.17. The van der Waals surface area contributed by atoms with E-state index in [0.717, 1.165) is 12.1 Å². The standard InChI is InChI=1S/C9H10F3NO2S/c1-2-13-7-3-5-8(6-4-7)16(14,15)9(10,11)12/h3-6,13H,2H2,1H3. The van der Waals surface area contributed by atoms with Gasteiger partial charge in [-0.3, -0.25) is 0 Å². The zero-order valence-corrected chi connectivity index (χ0v) is 9.19. The van der Waals surface area contributed by atoms with Gasteiger partial charge in [-0.1, -0.05) is 0 Å². The maximum Gasteiger partial charge on any atom is 0.501 e. The molecule has 0 spiro atoms. The van der Waals surface area contributed by atoms with Crippen molar-refractivity contribution in [2.24, 2.45) is 0 Å². The van der Waals surface area contributed by atoms with Crippen molar-refractivity contribution in [3.05, 3.63) is 24.3 Å². The molecular weight excluding hydrogens is 243 g/mol. The van der Waals surface area contributed by atoms with Crippen LogP contribution in [-0.2, 0) is 9.84 Å². The summed E-state index contributed by atoms with van der Waals surface area (Å²) in [5.41, 5.74) is -4.68.